The number of rotatable bonds is 2. The quantitative estimate of drug-likeness (QED) is 0.696. The van der Waals surface area contributed by atoms with Crippen molar-refractivity contribution in [2.24, 2.45) is 0 Å². The zero-order chi connectivity index (χ0) is 15.8. The first-order chi connectivity index (χ1) is 11.2. The second-order valence-electron chi connectivity index (χ2n) is 6.70. The first-order valence-electron chi connectivity index (χ1n) is 8.36. The number of hydrogen-bond donors (Lipinski definition) is 2. The summed E-state index contributed by atoms with van der Waals surface area (Å²) in [4.78, 5) is 5.87. The normalized spacial score (nSPS) is 16.9. The third-order valence-corrected chi connectivity index (χ3v) is 5.12. The van der Waals surface area contributed by atoms with E-state index in [0.717, 1.165) is 5.69 Å². The van der Waals surface area contributed by atoms with Crippen molar-refractivity contribution < 1.29 is 0 Å². The van der Waals surface area contributed by atoms with Crippen LogP contribution in [0.15, 0.2) is 48.7 Å². The molecule has 0 amide bonds. The van der Waals surface area contributed by atoms with E-state index >= 15 is 0 Å². The number of nitrogens with zero attached hydrogens (tertiary/aromatic N) is 1. The second kappa shape index (κ2) is 5.74. The Morgan fingerprint density at radius 1 is 1.00 bits per heavy atom. The Morgan fingerprint density at radius 3 is 2.43 bits per heavy atom. The molecule has 3 N–H and O–H groups in total. The molecular weight excluding hydrogens is 282 g/mol. The molecule has 0 saturated carbocycles. The number of hydrogen-bond acceptors (Lipinski definition) is 2. The highest BCUT2D eigenvalue weighted by atomic mass is 15.1. The van der Waals surface area contributed by atoms with E-state index in [-0.39, 0.29) is 0 Å². The third-order valence-electron chi connectivity index (χ3n) is 5.12. The Bertz CT molecular complexity index is 809. The van der Waals surface area contributed by atoms with Gasteiger partial charge in [-0.1, -0.05) is 18.2 Å². The van der Waals surface area contributed by atoms with Crippen LogP contribution in [0.3, 0.4) is 0 Å². The van der Waals surface area contributed by atoms with E-state index in [9.17, 15) is 0 Å². The lowest BCUT2D eigenvalue weighted by molar-refractivity contribution is 0.256. The molecule has 1 aliphatic rings. The van der Waals surface area contributed by atoms with Crippen LogP contribution in [-0.2, 0) is 0 Å². The molecule has 3 aromatic rings. The molecule has 1 saturated heterocycles. The highest BCUT2D eigenvalue weighted by molar-refractivity contribution is 5.88. The summed E-state index contributed by atoms with van der Waals surface area (Å²) in [6.45, 7) is 2.38. The van der Waals surface area contributed by atoms with Crippen molar-refractivity contribution in [3.63, 3.8) is 0 Å². The SMILES string of the molecule is CN1CCC(c2c[nH]c3ccc(-c4ccc(N)cc4)cc23)CC1. The Kier molecular flexibility index (Phi) is 3.58. The van der Waals surface area contributed by atoms with Crippen LogP contribution in [0.25, 0.3) is 22.0 Å². The van der Waals surface area contributed by atoms with E-state index in [1.807, 2.05) is 12.1 Å². The molecule has 0 spiro atoms. The van der Waals surface area contributed by atoms with Gasteiger partial charge in [0.15, 0.2) is 0 Å². The number of aromatic nitrogens is 1. The summed E-state index contributed by atoms with van der Waals surface area (Å²) in [5.74, 6) is 0.668. The van der Waals surface area contributed by atoms with Crippen molar-refractivity contribution >= 4 is 16.6 Å². The third kappa shape index (κ3) is 2.73. The Balaban J connectivity index is 1.72. The minimum absolute atomic E-state index is 0.668. The van der Waals surface area contributed by atoms with Gasteiger partial charge in [-0.3, -0.25) is 0 Å². The Labute approximate surface area is 137 Å². The highest BCUT2D eigenvalue weighted by Crippen LogP contribution is 2.35. The number of benzene rings is 2. The molecule has 3 heteroatoms. The number of nitrogen functional groups attached to an aromatic ring is 1. The van der Waals surface area contributed by atoms with Gasteiger partial charge in [0.1, 0.15) is 0 Å². The van der Waals surface area contributed by atoms with Crippen molar-refractivity contribution in [3.05, 3.63) is 54.2 Å². The van der Waals surface area contributed by atoms with Crippen LogP contribution < -0.4 is 5.73 Å². The van der Waals surface area contributed by atoms with Crippen LogP contribution in [0.2, 0.25) is 0 Å². The second-order valence-corrected chi connectivity index (χ2v) is 6.70. The van der Waals surface area contributed by atoms with Gasteiger partial charge in [-0.05, 0) is 79.9 Å². The number of likely N-dealkylation sites (tertiary alicyclic amines) is 1. The van der Waals surface area contributed by atoms with Crippen LogP contribution in [0, 0.1) is 0 Å². The molecule has 118 valence electrons. The summed E-state index contributed by atoms with van der Waals surface area (Å²) in [6.07, 6.45) is 4.71. The first-order valence-corrected chi connectivity index (χ1v) is 8.36. The van der Waals surface area contributed by atoms with Gasteiger partial charge >= 0.3 is 0 Å². The van der Waals surface area contributed by atoms with Crippen LogP contribution in [0.4, 0.5) is 5.69 Å². The van der Waals surface area contributed by atoms with Gasteiger partial charge in [0.05, 0.1) is 0 Å². The predicted molar refractivity (Wildman–Crippen MR) is 97.6 cm³/mol. The van der Waals surface area contributed by atoms with Gasteiger partial charge in [0.25, 0.3) is 0 Å². The average molecular weight is 305 g/mol. The molecule has 4 rings (SSSR count). The maximum absolute atomic E-state index is 5.80. The van der Waals surface area contributed by atoms with Gasteiger partial charge < -0.3 is 15.6 Å². The molecule has 0 atom stereocenters. The molecule has 2 aromatic carbocycles. The largest absolute Gasteiger partial charge is 0.399 e. The number of nitrogens with two attached hydrogens (primary N) is 1. The van der Waals surface area contributed by atoms with Crippen molar-refractivity contribution in [2.45, 2.75) is 18.8 Å². The minimum Gasteiger partial charge on any atom is -0.399 e. The fraction of sp³-hybridized carbons (Fsp3) is 0.300. The van der Waals surface area contributed by atoms with Crippen LogP contribution in [0.1, 0.15) is 24.3 Å². The number of aromatic amines is 1. The lowest BCUT2D eigenvalue weighted by Gasteiger charge is -2.28. The summed E-state index contributed by atoms with van der Waals surface area (Å²) in [6, 6.07) is 14.8. The molecular formula is C20H23N3. The van der Waals surface area contributed by atoms with Gasteiger partial charge in [-0.25, -0.2) is 0 Å². The summed E-state index contributed by atoms with van der Waals surface area (Å²) in [7, 11) is 2.21. The molecule has 0 radical (unpaired) electrons. The molecule has 2 heterocycles. The smallest absolute Gasteiger partial charge is 0.0457 e. The van der Waals surface area contributed by atoms with Crippen LogP contribution in [-0.4, -0.2) is 30.0 Å². The standard InChI is InChI=1S/C20H23N3/c1-23-10-8-15(9-11-23)19-13-22-20-7-4-16(12-18(19)20)14-2-5-17(21)6-3-14/h2-7,12-13,15,22H,8-11,21H2,1H3. The van der Waals surface area contributed by atoms with Crippen LogP contribution >= 0.6 is 0 Å². The topological polar surface area (TPSA) is 45.0 Å². The molecule has 1 aromatic heterocycles. The van der Waals surface area contributed by atoms with E-state index in [2.05, 4.69) is 53.5 Å². The van der Waals surface area contributed by atoms with Crippen molar-refractivity contribution in [2.75, 3.05) is 25.9 Å². The fourth-order valence-electron chi connectivity index (χ4n) is 3.65. The first kappa shape index (κ1) is 14.3. The number of anilines is 1. The monoisotopic (exact) mass is 305 g/mol. The number of piperidine rings is 1. The summed E-state index contributed by atoms with van der Waals surface area (Å²) in [5, 5.41) is 1.37. The van der Waals surface area contributed by atoms with Crippen molar-refractivity contribution in [3.8, 4) is 11.1 Å². The van der Waals surface area contributed by atoms with Gasteiger partial charge in [0, 0.05) is 22.8 Å². The molecule has 1 aliphatic heterocycles. The maximum atomic E-state index is 5.80. The predicted octanol–water partition coefficient (Wildman–Crippen LogP) is 4.23. The van der Waals surface area contributed by atoms with E-state index in [1.54, 1.807) is 0 Å². The van der Waals surface area contributed by atoms with E-state index in [0.29, 0.717) is 5.92 Å². The Morgan fingerprint density at radius 2 is 1.70 bits per heavy atom. The Hall–Kier alpha value is -2.26. The summed E-state index contributed by atoms with van der Waals surface area (Å²) in [5.41, 5.74) is 11.8. The average Bonchev–Trinajstić information content (AvgIpc) is 2.99. The molecule has 0 unspecified atom stereocenters. The number of fused-ring (bicyclic) bond motifs is 1. The number of H-pyrrole nitrogens is 1. The lowest BCUT2D eigenvalue weighted by Crippen LogP contribution is -2.29. The van der Waals surface area contributed by atoms with Crippen molar-refractivity contribution in [1.82, 2.24) is 9.88 Å². The zero-order valence-corrected chi connectivity index (χ0v) is 13.5. The fourth-order valence-corrected chi connectivity index (χ4v) is 3.65. The molecule has 1 fully saturated rings. The molecule has 3 nitrogen and oxygen atoms in total. The lowest BCUT2D eigenvalue weighted by atomic mass is 9.89. The summed E-state index contributed by atoms with van der Waals surface area (Å²) < 4.78 is 0. The molecule has 0 aliphatic carbocycles. The maximum Gasteiger partial charge on any atom is 0.0457 e. The van der Waals surface area contributed by atoms with E-state index < -0.39 is 0 Å². The summed E-state index contributed by atoms with van der Waals surface area (Å²) >= 11 is 0. The van der Waals surface area contributed by atoms with Gasteiger partial charge in [-0.2, -0.15) is 0 Å². The van der Waals surface area contributed by atoms with Crippen molar-refractivity contribution in [1.29, 1.82) is 0 Å². The highest BCUT2D eigenvalue weighted by Gasteiger charge is 2.21. The van der Waals surface area contributed by atoms with E-state index in [4.69, 9.17) is 5.73 Å². The molecule has 0 bridgehead atoms. The zero-order valence-electron chi connectivity index (χ0n) is 13.5. The van der Waals surface area contributed by atoms with E-state index in [1.165, 1.54) is 53.5 Å². The minimum atomic E-state index is 0.668. The molecule has 23 heavy (non-hydrogen) atoms. The van der Waals surface area contributed by atoms with Gasteiger partial charge in [-0.15, -0.1) is 0 Å². The number of nitrogens with one attached hydrogen (secondary N) is 1. The van der Waals surface area contributed by atoms with Crippen LogP contribution in [0.5, 0.6) is 0 Å². The van der Waals surface area contributed by atoms with Gasteiger partial charge in [0.2, 0.25) is 0 Å².